The second-order valence-corrected chi connectivity index (χ2v) is 7.25. The van der Waals surface area contributed by atoms with E-state index in [4.69, 9.17) is 4.74 Å². The van der Waals surface area contributed by atoms with Gasteiger partial charge in [-0.1, -0.05) is 19.1 Å². The Balaban J connectivity index is 1.84. The average molecular weight is 330 g/mol. The Morgan fingerprint density at radius 3 is 2.91 bits per heavy atom. The van der Waals surface area contributed by atoms with Crippen molar-refractivity contribution in [1.29, 1.82) is 0 Å². The topological polar surface area (TPSA) is 12.5 Å². The number of thiophene rings is 1. The van der Waals surface area contributed by atoms with Crippen LogP contribution < -0.4 is 4.74 Å². The molecule has 0 N–H and O–H groups in total. The van der Waals surface area contributed by atoms with E-state index in [-0.39, 0.29) is 0 Å². The van der Waals surface area contributed by atoms with Crippen molar-refractivity contribution in [3.05, 3.63) is 51.7 Å². The van der Waals surface area contributed by atoms with Crippen molar-refractivity contribution in [2.24, 2.45) is 0 Å². The number of rotatable bonds is 6. The number of benzene rings is 1. The molecule has 1 aliphatic carbocycles. The SMILES string of the molecule is CCCN(C1CCc2cccc(OC)c2C1)C(C)c1ccsc1. The van der Waals surface area contributed by atoms with E-state index in [1.54, 1.807) is 18.4 Å². The van der Waals surface area contributed by atoms with E-state index in [0.29, 0.717) is 12.1 Å². The predicted octanol–water partition coefficient (Wildman–Crippen LogP) is 5.09. The van der Waals surface area contributed by atoms with Crippen molar-refractivity contribution >= 4 is 11.3 Å². The van der Waals surface area contributed by atoms with Gasteiger partial charge in [0.2, 0.25) is 0 Å². The van der Waals surface area contributed by atoms with Crippen molar-refractivity contribution in [3.63, 3.8) is 0 Å². The zero-order chi connectivity index (χ0) is 16.2. The van der Waals surface area contributed by atoms with E-state index < -0.39 is 0 Å². The first-order chi connectivity index (χ1) is 11.2. The van der Waals surface area contributed by atoms with Crippen LogP contribution in [0.5, 0.6) is 5.75 Å². The molecule has 0 radical (unpaired) electrons. The second-order valence-electron chi connectivity index (χ2n) is 6.47. The Morgan fingerprint density at radius 2 is 2.22 bits per heavy atom. The molecule has 2 atom stereocenters. The minimum absolute atomic E-state index is 0.488. The Hall–Kier alpha value is -1.32. The third-order valence-corrected chi connectivity index (χ3v) is 5.81. The van der Waals surface area contributed by atoms with Crippen LogP contribution in [0.15, 0.2) is 35.0 Å². The van der Waals surface area contributed by atoms with Gasteiger partial charge in [-0.3, -0.25) is 4.90 Å². The summed E-state index contributed by atoms with van der Waals surface area (Å²) in [5, 5.41) is 4.49. The molecule has 3 heteroatoms. The molecule has 0 fully saturated rings. The fraction of sp³-hybridized carbons (Fsp3) is 0.500. The van der Waals surface area contributed by atoms with E-state index in [1.165, 1.54) is 29.5 Å². The maximum absolute atomic E-state index is 5.62. The van der Waals surface area contributed by atoms with Crippen LogP contribution in [0, 0.1) is 0 Å². The summed E-state index contributed by atoms with van der Waals surface area (Å²) in [5.41, 5.74) is 4.35. The van der Waals surface area contributed by atoms with E-state index in [9.17, 15) is 0 Å². The van der Waals surface area contributed by atoms with Crippen LogP contribution in [0.3, 0.4) is 0 Å². The number of hydrogen-bond donors (Lipinski definition) is 0. The molecular weight excluding hydrogens is 302 g/mol. The molecule has 0 spiro atoms. The summed E-state index contributed by atoms with van der Waals surface area (Å²) in [6, 6.07) is 9.86. The van der Waals surface area contributed by atoms with Crippen molar-refractivity contribution in [2.45, 2.75) is 51.6 Å². The van der Waals surface area contributed by atoms with Crippen LogP contribution in [0.2, 0.25) is 0 Å². The third kappa shape index (κ3) is 3.46. The van der Waals surface area contributed by atoms with Gasteiger partial charge in [0, 0.05) is 12.1 Å². The zero-order valence-electron chi connectivity index (χ0n) is 14.4. The van der Waals surface area contributed by atoms with Gasteiger partial charge >= 0.3 is 0 Å². The smallest absolute Gasteiger partial charge is 0.122 e. The number of fused-ring (bicyclic) bond motifs is 1. The average Bonchev–Trinajstić information content (AvgIpc) is 3.12. The van der Waals surface area contributed by atoms with Crippen molar-refractivity contribution in [1.82, 2.24) is 4.90 Å². The van der Waals surface area contributed by atoms with Gasteiger partial charge in [0.1, 0.15) is 5.75 Å². The highest BCUT2D eigenvalue weighted by Gasteiger charge is 2.29. The molecule has 2 unspecified atom stereocenters. The summed E-state index contributed by atoms with van der Waals surface area (Å²) in [6.45, 7) is 5.80. The molecule has 0 bridgehead atoms. The van der Waals surface area contributed by atoms with E-state index in [1.807, 2.05) is 0 Å². The Kier molecular flexibility index (Phi) is 5.39. The van der Waals surface area contributed by atoms with Crippen LogP contribution >= 0.6 is 11.3 Å². The molecule has 1 aromatic heterocycles. The number of hydrogen-bond acceptors (Lipinski definition) is 3. The van der Waals surface area contributed by atoms with E-state index in [2.05, 4.69) is 53.8 Å². The van der Waals surface area contributed by atoms with Crippen LogP contribution in [-0.2, 0) is 12.8 Å². The first-order valence-corrected chi connectivity index (χ1v) is 9.61. The highest BCUT2D eigenvalue weighted by atomic mass is 32.1. The molecule has 2 nitrogen and oxygen atoms in total. The highest BCUT2D eigenvalue weighted by molar-refractivity contribution is 7.07. The molecule has 3 rings (SSSR count). The van der Waals surface area contributed by atoms with Gasteiger partial charge in [0.05, 0.1) is 7.11 Å². The Bertz CT molecular complexity index is 608. The molecule has 0 amide bonds. The lowest BCUT2D eigenvalue weighted by Crippen LogP contribution is -2.41. The maximum atomic E-state index is 5.62. The third-order valence-electron chi connectivity index (χ3n) is 5.11. The first-order valence-electron chi connectivity index (χ1n) is 8.67. The quantitative estimate of drug-likeness (QED) is 0.732. The molecule has 2 aromatic rings. The predicted molar refractivity (Wildman–Crippen MR) is 98.5 cm³/mol. The zero-order valence-corrected chi connectivity index (χ0v) is 15.2. The van der Waals surface area contributed by atoms with Gasteiger partial charge in [-0.2, -0.15) is 11.3 Å². The lowest BCUT2D eigenvalue weighted by atomic mass is 9.86. The minimum atomic E-state index is 0.488. The van der Waals surface area contributed by atoms with Crippen LogP contribution in [0.4, 0.5) is 0 Å². The van der Waals surface area contributed by atoms with E-state index >= 15 is 0 Å². The minimum Gasteiger partial charge on any atom is -0.496 e. The molecule has 0 aliphatic heterocycles. The highest BCUT2D eigenvalue weighted by Crippen LogP contribution is 2.34. The van der Waals surface area contributed by atoms with Gasteiger partial charge in [0.25, 0.3) is 0 Å². The summed E-state index contributed by atoms with van der Waals surface area (Å²) in [6.07, 6.45) is 4.71. The lowest BCUT2D eigenvalue weighted by molar-refractivity contribution is 0.130. The molecule has 0 saturated carbocycles. The summed E-state index contributed by atoms with van der Waals surface area (Å²) in [4.78, 5) is 2.71. The van der Waals surface area contributed by atoms with Crippen LogP contribution in [-0.4, -0.2) is 24.6 Å². The van der Waals surface area contributed by atoms with Gasteiger partial charge < -0.3 is 4.74 Å². The fourth-order valence-corrected chi connectivity index (χ4v) is 4.61. The Labute approximate surface area is 144 Å². The normalized spacial score (nSPS) is 18.7. The molecule has 1 aliphatic rings. The monoisotopic (exact) mass is 329 g/mol. The maximum Gasteiger partial charge on any atom is 0.122 e. The standard InChI is InChI=1S/C20H27NOS/c1-4-11-21(15(2)17-10-12-23-14-17)18-9-8-16-6-5-7-20(22-3)19(16)13-18/h5-7,10,12,14-15,18H,4,8-9,11,13H2,1-3H3. The van der Waals surface area contributed by atoms with Gasteiger partial charge in [-0.25, -0.2) is 0 Å². The Morgan fingerprint density at radius 1 is 1.35 bits per heavy atom. The summed E-state index contributed by atoms with van der Waals surface area (Å²) < 4.78 is 5.62. The number of ether oxygens (including phenoxy) is 1. The van der Waals surface area contributed by atoms with Gasteiger partial charge in [-0.15, -0.1) is 0 Å². The van der Waals surface area contributed by atoms with Crippen molar-refractivity contribution in [2.75, 3.05) is 13.7 Å². The van der Waals surface area contributed by atoms with Crippen LogP contribution in [0.25, 0.3) is 0 Å². The molecule has 124 valence electrons. The number of aryl methyl sites for hydroxylation is 1. The van der Waals surface area contributed by atoms with Gasteiger partial charge in [-0.05, 0) is 78.7 Å². The van der Waals surface area contributed by atoms with Crippen molar-refractivity contribution in [3.8, 4) is 5.75 Å². The second kappa shape index (κ2) is 7.50. The largest absolute Gasteiger partial charge is 0.496 e. The summed E-state index contributed by atoms with van der Waals surface area (Å²) in [7, 11) is 1.79. The molecule has 1 aromatic carbocycles. The number of methoxy groups -OCH3 is 1. The lowest BCUT2D eigenvalue weighted by Gasteiger charge is -2.39. The van der Waals surface area contributed by atoms with Crippen LogP contribution in [0.1, 0.15) is 49.4 Å². The molecule has 23 heavy (non-hydrogen) atoms. The van der Waals surface area contributed by atoms with Gasteiger partial charge in [0.15, 0.2) is 0 Å². The van der Waals surface area contributed by atoms with E-state index in [0.717, 1.165) is 25.1 Å². The van der Waals surface area contributed by atoms with Crippen molar-refractivity contribution < 1.29 is 4.74 Å². The molecule has 0 saturated heterocycles. The summed E-state index contributed by atoms with van der Waals surface area (Å²) in [5.74, 6) is 1.06. The fourth-order valence-electron chi connectivity index (χ4n) is 3.87. The summed E-state index contributed by atoms with van der Waals surface area (Å²) >= 11 is 1.80. The number of nitrogens with zero attached hydrogens (tertiary/aromatic N) is 1. The first kappa shape index (κ1) is 16.5. The molecule has 1 heterocycles. The molecular formula is C20H27NOS.